The van der Waals surface area contributed by atoms with Crippen molar-refractivity contribution in [3.05, 3.63) is 0 Å². The molecule has 0 aliphatic rings. The molecular formula is H8MgNO3P. The monoisotopic (exact) mass is 125 g/mol. The largest absolute Gasteiger partial charge is 2.00 e. The minimum atomic E-state index is -0.833. The van der Waals surface area contributed by atoms with Crippen LogP contribution in [0, 0.1) is 0 Å². The van der Waals surface area contributed by atoms with Crippen molar-refractivity contribution in [2.24, 2.45) is 0 Å². The van der Waals surface area contributed by atoms with Gasteiger partial charge in [-0.3, -0.25) is 0 Å². The van der Waals surface area contributed by atoms with E-state index < -0.39 is 8.69 Å². The molecule has 0 aliphatic carbocycles. The van der Waals surface area contributed by atoms with E-state index in [1.165, 1.54) is 0 Å². The van der Waals surface area contributed by atoms with Crippen LogP contribution in [0.15, 0.2) is 0 Å². The Bertz CT molecular complexity index is 24.8. The minimum Gasteiger partial charge on any atom is -1.00 e. The van der Waals surface area contributed by atoms with Gasteiger partial charge in [0.25, 0.3) is 0 Å². The fourth-order valence-electron chi connectivity index (χ4n) is 0. The molecule has 0 bridgehead atoms. The number of hydrogen-bond acceptors (Lipinski definition) is 2. The molecule has 0 atom stereocenters. The number of rotatable bonds is 0. The van der Waals surface area contributed by atoms with Crippen LogP contribution in [0.5, 0.6) is 0 Å². The van der Waals surface area contributed by atoms with Crippen LogP contribution in [0.2, 0.25) is 0 Å². The van der Waals surface area contributed by atoms with E-state index in [0.29, 0.717) is 0 Å². The summed E-state index contributed by atoms with van der Waals surface area (Å²) < 4.78 is 8.46. The van der Waals surface area contributed by atoms with Gasteiger partial charge in [0, 0.05) is 0 Å². The minimum absolute atomic E-state index is 0. The summed E-state index contributed by atoms with van der Waals surface area (Å²) in [5.74, 6) is 0. The molecule has 0 saturated heterocycles. The van der Waals surface area contributed by atoms with Gasteiger partial charge in [-0.05, 0) is 0 Å². The standard InChI is InChI=1S/Mg.H3N.HO2P.H2O.2H/c;;1-3-2;;;/h;1H3;(H,1,2);1H2;;/q+2;;;;2*-1. The third-order valence-corrected chi connectivity index (χ3v) is 0. The SMILES string of the molecule is N.O.O=PO.[H-].[H-].[Mg+2]. The van der Waals surface area contributed by atoms with Gasteiger partial charge in [0.15, 0.2) is 0 Å². The third-order valence-electron chi connectivity index (χ3n) is 0. The molecule has 4 nitrogen and oxygen atoms in total. The summed E-state index contributed by atoms with van der Waals surface area (Å²) in [6.07, 6.45) is 0. The molecule has 0 rings (SSSR count). The Labute approximate surface area is 56.2 Å². The summed E-state index contributed by atoms with van der Waals surface area (Å²) in [5.41, 5.74) is 0. The predicted octanol–water partition coefficient (Wildman–Crippen LogP) is -0.633. The fourth-order valence-corrected chi connectivity index (χ4v) is 0. The summed E-state index contributed by atoms with van der Waals surface area (Å²) >= 11 is 0. The molecule has 0 saturated carbocycles. The summed E-state index contributed by atoms with van der Waals surface area (Å²) in [6, 6.07) is 0. The van der Waals surface area contributed by atoms with E-state index in [4.69, 9.17) is 9.46 Å². The first-order valence-electron chi connectivity index (χ1n) is 0.383. The van der Waals surface area contributed by atoms with E-state index >= 15 is 0 Å². The molecule has 0 amide bonds. The first kappa shape index (κ1) is 29.5. The molecule has 38 valence electrons. The van der Waals surface area contributed by atoms with E-state index in [0.717, 1.165) is 0 Å². The van der Waals surface area contributed by atoms with Gasteiger partial charge in [0.1, 0.15) is 0 Å². The average molecular weight is 125 g/mol. The van der Waals surface area contributed by atoms with Crippen molar-refractivity contribution in [1.82, 2.24) is 6.15 Å². The Morgan fingerprint density at radius 1 is 1.67 bits per heavy atom. The van der Waals surface area contributed by atoms with Crippen LogP contribution in [0.1, 0.15) is 2.85 Å². The van der Waals surface area contributed by atoms with Gasteiger partial charge in [-0.2, -0.15) is 0 Å². The van der Waals surface area contributed by atoms with Crippen molar-refractivity contribution in [1.29, 1.82) is 0 Å². The van der Waals surface area contributed by atoms with E-state index in [-0.39, 0.29) is 37.5 Å². The Morgan fingerprint density at radius 3 is 1.67 bits per heavy atom. The quantitative estimate of drug-likeness (QED) is 0.332. The second kappa shape index (κ2) is 42.4. The maximum atomic E-state index is 8.46. The fraction of sp³-hybridized carbons (Fsp3) is 0. The second-order valence-electron chi connectivity index (χ2n) is 0.0816. The topological polar surface area (TPSA) is 104 Å². The van der Waals surface area contributed by atoms with Crippen molar-refractivity contribution in [2.75, 3.05) is 0 Å². The van der Waals surface area contributed by atoms with Crippen LogP contribution in [-0.2, 0) is 4.57 Å². The van der Waals surface area contributed by atoms with Crippen molar-refractivity contribution < 1.29 is 17.8 Å². The first-order chi connectivity index (χ1) is 1.41. The maximum Gasteiger partial charge on any atom is 2.00 e. The van der Waals surface area contributed by atoms with Crippen LogP contribution in [0.3, 0.4) is 0 Å². The summed E-state index contributed by atoms with van der Waals surface area (Å²) in [4.78, 5) is 6.99. The normalized spacial score (nSPS) is 3.50. The van der Waals surface area contributed by atoms with Gasteiger partial charge in [-0.25, -0.2) is 4.57 Å². The van der Waals surface area contributed by atoms with Crippen molar-refractivity contribution in [2.45, 2.75) is 0 Å². The Morgan fingerprint density at radius 2 is 1.67 bits per heavy atom. The summed E-state index contributed by atoms with van der Waals surface area (Å²) in [5, 5.41) is 0. The molecule has 6 heavy (non-hydrogen) atoms. The van der Waals surface area contributed by atoms with E-state index in [1.807, 2.05) is 0 Å². The van der Waals surface area contributed by atoms with Crippen LogP contribution >= 0.6 is 8.69 Å². The molecule has 0 fully saturated rings. The van der Waals surface area contributed by atoms with Gasteiger partial charge in [-0.15, -0.1) is 0 Å². The molecule has 0 aromatic carbocycles. The van der Waals surface area contributed by atoms with Gasteiger partial charge in [0.05, 0.1) is 0 Å². The maximum absolute atomic E-state index is 8.46. The molecule has 0 spiro atoms. The van der Waals surface area contributed by atoms with Gasteiger partial charge in [0.2, 0.25) is 0 Å². The Balaban J connectivity index is -0.00000000200. The molecule has 6 N–H and O–H groups in total. The van der Waals surface area contributed by atoms with Crippen LogP contribution in [0.25, 0.3) is 0 Å². The third kappa shape index (κ3) is 120. The van der Waals surface area contributed by atoms with Gasteiger partial charge in [-0.1, -0.05) is 0 Å². The average Bonchev–Trinajstić information content (AvgIpc) is 0.918. The van der Waals surface area contributed by atoms with E-state index in [1.54, 1.807) is 0 Å². The zero-order chi connectivity index (χ0) is 2.71. The molecule has 0 unspecified atom stereocenters. The van der Waals surface area contributed by atoms with Crippen molar-refractivity contribution in [3.63, 3.8) is 0 Å². The second-order valence-corrected chi connectivity index (χ2v) is 0.245. The van der Waals surface area contributed by atoms with Crippen molar-refractivity contribution in [3.8, 4) is 0 Å². The van der Waals surface area contributed by atoms with Gasteiger partial charge < -0.3 is 19.4 Å². The smallest absolute Gasteiger partial charge is 1.00 e. The molecular weight excluding hydrogens is 117 g/mol. The Kier molecular flexibility index (Phi) is 209. The van der Waals surface area contributed by atoms with Crippen LogP contribution in [0.4, 0.5) is 0 Å². The summed E-state index contributed by atoms with van der Waals surface area (Å²) in [7, 11) is -0.833. The summed E-state index contributed by atoms with van der Waals surface area (Å²) in [6.45, 7) is 0. The van der Waals surface area contributed by atoms with Gasteiger partial charge >= 0.3 is 31.7 Å². The molecule has 0 aromatic rings. The molecule has 0 radical (unpaired) electrons. The van der Waals surface area contributed by atoms with E-state index in [2.05, 4.69) is 0 Å². The number of hydrogen-bond donors (Lipinski definition) is 2. The van der Waals surface area contributed by atoms with Crippen molar-refractivity contribution >= 4 is 31.7 Å². The first-order valence-corrected chi connectivity index (χ1v) is 1.15. The molecule has 0 aromatic heterocycles. The van der Waals surface area contributed by atoms with Crippen LogP contribution in [-0.4, -0.2) is 33.4 Å². The molecule has 0 heterocycles. The molecule has 6 heteroatoms. The zero-order valence-corrected chi connectivity index (χ0v) is 5.53. The van der Waals surface area contributed by atoms with E-state index in [9.17, 15) is 0 Å². The Hall–Kier alpha value is 0.746. The molecule has 0 aliphatic heterocycles. The predicted molar refractivity (Wildman–Crippen MR) is 26.4 cm³/mol. The zero-order valence-electron chi connectivity index (χ0n) is 5.22. The van der Waals surface area contributed by atoms with Crippen LogP contribution < -0.4 is 6.15 Å².